The van der Waals surface area contributed by atoms with Crippen LogP contribution in [0.25, 0.3) is 0 Å². The Kier molecular flexibility index (Phi) is 5.63. The Balaban J connectivity index is 1.78. The second-order valence-electron chi connectivity index (χ2n) is 5.96. The van der Waals surface area contributed by atoms with Crippen LogP contribution in [0.4, 0.5) is 0 Å². The summed E-state index contributed by atoms with van der Waals surface area (Å²) in [5, 5.41) is 0. The summed E-state index contributed by atoms with van der Waals surface area (Å²) in [5.74, 6) is 1.36. The van der Waals surface area contributed by atoms with Gasteiger partial charge in [-0.05, 0) is 40.9 Å². The van der Waals surface area contributed by atoms with E-state index in [9.17, 15) is 4.79 Å². The van der Waals surface area contributed by atoms with Crippen LogP contribution in [0.3, 0.4) is 0 Å². The number of piperidine rings is 1. The predicted octanol–water partition coefficient (Wildman–Crippen LogP) is 2.69. The van der Waals surface area contributed by atoms with E-state index >= 15 is 0 Å². The van der Waals surface area contributed by atoms with Crippen molar-refractivity contribution in [3.8, 4) is 11.5 Å². The number of amides is 1. The van der Waals surface area contributed by atoms with E-state index in [1.165, 1.54) is 0 Å². The van der Waals surface area contributed by atoms with E-state index in [4.69, 9.17) is 18.9 Å². The van der Waals surface area contributed by atoms with Gasteiger partial charge in [0.05, 0.1) is 27.4 Å². The van der Waals surface area contributed by atoms with Crippen LogP contribution in [-0.4, -0.2) is 57.6 Å². The van der Waals surface area contributed by atoms with Gasteiger partial charge in [-0.25, -0.2) is 0 Å². The zero-order valence-corrected chi connectivity index (χ0v) is 15.5. The second kappa shape index (κ2) is 7.72. The number of methoxy groups -OCH3 is 2. The van der Waals surface area contributed by atoms with E-state index in [1.807, 2.05) is 4.90 Å². The molecule has 1 aromatic carbocycles. The summed E-state index contributed by atoms with van der Waals surface area (Å²) in [5.41, 5.74) is 0.556. The lowest BCUT2D eigenvalue weighted by Gasteiger charge is -2.34. The fraction of sp³-hybridized carbons (Fsp3) is 0.588. The molecule has 0 saturated carbocycles. The molecule has 2 saturated heterocycles. The third-order valence-electron chi connectivity index (χ3n) is 4.47. The largest absolute Gasteiger partial charge is 0.495 e. The number of carbonyl (C=O) groups is 1. The number of nitrogens with zero attached hydrogens (tertiary/aromatic N) is 1. The summed E-state index contributed by atoms with van der Waals surface area (Å²) in [6, 6.07) is 3.47. The zero-order chi connectivity index (χ0) is 17.1. The van der Waals surface area contributed by atoms with Gasteiger partial charge in [-0.1, -0.05) is 0 Å². The molecule has 6 nitrogen and oxygen atoms in total. The highest BCUT2D eigenvalue weighted by molar-refractivity contribution is 9.10. The quantitative estimate of drug-likeness (QED) is 0.778. The summed E-state index contributed by atoms with van der Waals surface area (Å²) >= 11 is 3.43. The van der Waals surface area contributed by atoms with Crippen molar-refractivity contribution in [1.29, 1.82) is 0 Å². The summed E-state index contributed by atoms with van der Waals surface area (Å²) < 4.78 is 22.6. The van der Waals surface area contributed by atoms with Gasteiger partial charge in [0.2, 0.25) is 0 Å². The minimum atomic E-state index is -0.186. The van der Waals surface area contributed by atoms with Crippen LogP contribution in [0.5, 0.6) is 11.5 Å². The molecule has 0 bridgehead atoms. The summed E-state index contributed by atoms with van der Waals surface area (Å²) in [7, 11) is 3.14. The minimum absolute atomic E-state index is 0.0261. The zero-order valence-electron chi connectivity index (χ0n) is 13.9. The van der Waals surface area contributed by atoms with Crippen LogP contribution in [0.1, 0.15) is 23.2 Å². The molecule has 0 aliphatic carbocycles. The van der Waals surface area contributed by atoms with Crippen LogP contribution in [0.2, 0.25) is 0 Å². The van der Waals surface area contributed by atoms with Crippen LogP contribution in [0.15, 0.2) is 16.6 Å². The topological polar surface area (TPSA) is 57.2 Å². The summed E-state index contributed by atoms with van der Waals surface area (Å²) in [6.07, 6.45) is 1.78. The molecule has 0 radical (unpaired) electrons. The Labute approximate surface area is 150 Å². The number of halogens is 1. The lowest BCUT2D eigenvalue weighted by atomic mass is 9.96. The van der Waals surface area contributed by atoms with Crippen molar-refractivity contribution in [2.75, 3.05) is 40.5 Å². The lowest BCUT2D eigenvalue weighted by Crippen LogP contribution is -2.43. The molecule has 3 rings (SSSR count). The number of carbonyl (C=O) groups excluding carboxylic acids is 1. The third kappa shape index (κ3) is 3.53. The summed E-state index contributed by atoms with van der Waals surface area (Å²) in [6.45, 7) is 2.65. The SMILES string of the molecule is COc1cc(C(=O)N2CCCC(C3OCCO3)C2)cc(OC)c1Br. The molecule has 1 aromatic rings. The van der Waals surface area contributed by atoms with Crippen molar-refractivity contribution >= 4 is 21.8 Å². The molecule has 0 aromatic heterocycles. The Hall–Kier alpha value is -1.31. The first kappa shape index (κ1) is 17.5. The van der Waals surface area contributed by atoms with E-state index in [0.717, 1.165) is 19.4 Å². The standard InChI is InChI=1S/C17H22BrNO5/c1-21-13-8-12(9-14(22-2)15(13)18)16(20)19-5-3-4-11(10-19)17-23-6-7-24-17/h8-9,11,17H,3-7,10H2,1-2H3. The van der Waals surface area contributed by atoms with Crippen LogP contribution in [0, 0.1) is 5.92 Å². The summed E-state index contributed by atoms with van der Waals surface area (Å²) in [4.78, 5) is 14.8. The highest BCUT2D eigenvalue weighted by atomic mass is 79.9. The Bertz CT molecular complexity index is 578. The first-order valence-corrected chi connectivity index (χ1v) is 8.87. The van der Waals surface area contributed by atoms with Crippen molar-refractivity contribution in [2.24, 2.45) is 5.92 Å². The first-order chi connectivity index (χ1) is 11.6. The normalized spacial score (nSPS) is 21.8. The Morgan fingerprint density at radius 3 is 2.42 bits per heavy atom. The lowest BCUT2D eigenvalue weighted by molar-refractivity contribution is -0.0969. The van der Waals surface area contributed by atoms with Crippen molar-refractivity contribution < 1.29 is 23.7 Å². The molecule has 0 N–H and O–H groups in total. The van der Waals surface area contributed by atoms with E-state index < -0.39 is 0 Å². The van der Waals surface area contributed by atoms with E-state index in [2.05, 4.69) is 15.9 Å². The predicted molar refractivity (Wildman–Crippen MR) is 91.6 cm³/mol. The second-order valence-corrected chi connectivity index (χ2v) is 6.75. The van der Waals surface area contributed by atoms with E-state index in [-0.39, 0.29) is 18.1 Å². The number of likely N-dealkylation sites (tertiary alicyclic amines) is 1. The van der Waals surface area contributed by atoms with Gasteiger partial charge in [0.15, 0.2) is 6.29 Å². The molecule has 2 aliphatic rings. The monoisotopic (exact) mass is 399 g/mol. The maximum absolute atomic E-state index is 12.9. The smallest absolute Gasteiger partial charge is 0.254 e. The molecular weight excluding hydrogens is 378 g/mol. The molecule has 1 atom stereocenters. The van der Waals surface area contributed by atoms with Crippen LogP contribution in [-0.2, 0) is 9.47 Å². The highest BCUT2D eigenvalue weighted by Gasteiger charge is 2.33. The van der Waals surface area contributed by atoms with Crippen molar-refractivity contribution in [3.63, 3.8) is 0 Å². The van der Waals surface area contributed by atoms with Gasteiger partial charge >= 0.3 is 0 Å². The number of ether oxygens (including phenoxy) is 4. The molecule has 2 fully saturated rings. The molecule has 1 amide bonds. The molecule has 0 spiro atoms. The number of rotatable bonds is 4. The molecule has 24 heavy (non-hydrogen) atoms. The molecular formula is C17H22BrNO5. The average Bonchev–Trinajstić information content (AvgIpc) is 3.16. The molecule has 2 heterocycles. The van der Waals surface area contributed by atoms with Crippen LogP contribution >= 0.6 is 15.9 Å². The first-order valence-electron chi connectivity index (χ1n) is 8.08. The molecule has 132 valence electrons. The maximum atomic E-state index is 12.9. The van der Waals surface area contributed by atoms with Gasteiger partial charge in [-0.15, -0.1) is 0 Å². The Morgan fingerprint density at radius 2 is 1.83 bits per heavy atom. The number of benzene rings is 1. The van der Waals surface area contributed by atoms with Gasteiger partial charge in [0.1, 0.15) is 16.0 Å². The minimum Gasteiger partial charge on any atom is -0.495 e. The van der Waals surface area contributed by atoms with Gasteiger partial charge in [-0.3, -0.25) is 4.79 Å². The van der Waals surface area contributed by atoms with Crippen molar-refractivity contribution in [3.05, 3.63) is 22.2 Å². The molecule has 1 unspecified atom stereocenters. The average molecular weight is 400 g/mol. The van der Waals surface area contributed by atoms with E-state index in [0.29, 0.717) is 41.3 Å². The maximum Gasteiger partial charge on any atom is 0.254 e. The fourth-order valence-electron chi connectivity index (χ4n) is 3.24. The van der Waals surface area contributed by atoms with E-state index in [1.54, 1.807) is 26.4 Å². The van der Waals surface area contributed by atoms with Crippen LogP contribution < -0.4 is 9.47 Å². The van der Waals surface area contributed by atoms with Gasteiger partial charge in [0.25, 0.3) is 5.91 Å². The third-order valence-corrected chi connectivity index (χ3v) is 5.25. The van der Waals surface area contributed by atoms with Gasteiger partial charge in [-0.2, -0.15) is 0 Å². The van der Waals surface area contributed by atoms with Gasteiger partial charge < -0.3 is 23.8 Å². The molecule has 7 heteroatoms. The van der Waals surface area contributed by atoms with Gasteiger partial charge in [0, 0.05) is 24.6 Å². The molecule has 2 aliphatic heterocycles. The highest BCUT2D eigenvalue weighted by Crippen LogP contribution is 2.36. The fourth-order valence-corrected chi connectivity index (χ4v) is 3.79. The number of hydrogen-bond donors (Lipinski definition) is 0. The van der Waals surface area contributed by atoms with Crippen molar-refractivity contribution in [2.45, 2.75) is 19.1 Å². The number of hydrogen-bond acceptors (Lipinski definition) is 5. The Morgan fingerprint density at radius 1 is 1.21 bits per heavy atom. The van der Waals surface area contributed by atoms with Crippen molar-refractivity contribution in [1.82, 2.24) is 4.90 Å².